The molecule has 0 amide bonds. The van der Waals surface area contributed by atoms with Gasteiger partial charge in [-0.1, -0.05) is 20.8 Å². The first kappa shape index (κ1) is 14.4. The van der Waals surface area contributed by atoms with E-state index in [0.29, 0.717) is 19.3 Å². The van der Waals surface area contributed by atoms with E-state index in [4.69, 9.17) is 5.11 Å². The van der Waals surface area contributed by atoms with Gasteiger partial charge < -0.3 is 10.2 Å². The van der Waals surface area contributed by atoms with Gasteiger partial charge in [0.2, 0.25) is 0 Å². The summed E-state index contributed by atoms with van der Waals surface area (Å²) < 4.78 is 0. The molecule has 1 atom stereocenters. The zero-order valence-corrected chi connectivity index (χ0v) is 10.1. The first-order valence-corrected chi connectivity index (χ1v) is 5.53. The average molecular weight is 217 g/mol. The van der Waals surface area contributed by atoms with Crippen molar-refractivity contribution in [3.05, 3.63) is 0 Å². The summed E-state index contributed by atoms with van der Waals surface area (Å²) in [4.78, 5) is 11.1. The van der Waals surface area contributed by atoms with Crippen LogP contribution in [0.3, 0.4) is 0 Å². The van der Waals surface area contributed by atoms with Crippen LogP contribution in [0.5, 0.6) is 0 Å². The van der Waals surface area contributed by atoms with E-state index < -0.39 is 17.0 Å². The lowest BCUT2D eigenvalue weighted by atomic mass is 9.87. The van der Waals surface area contributed by atoms with Crippen molar-refractivity contribution in [3.8, 4) is 0 Å². The average Bonchev–Trinajstić information content (AvgIpc) is 2.25. The van der Waals surface area contributed by atoms with Crippen LogP contribution in [0, 0.1) is 0 Å². The molecule has 0 aliphatic heterocycles. The van der Waals surface area contributed by atoms with E-state index in [9.17, 15) is 9.90 Å². The lowest BCUT2D eigenvalue weighted by molar-refractivity contribution is -0.145. The van der Waals surface area contributed by atoms with Crippen molar-refractivity contribution in [1.29, 1.82) is 0 Å². The summed E-state index contributed by atoms with van der Waals surface area (Å²) in [5.74, 6) is -0.871. The fourth-order valence-corrected chi connectivity index (χ4v) is 1.57. The molecule has 0 radical (unpaired) electrons. The lowest BCUT2D eigenvalue weighted by Crippen LogP contribution is -2.61. The van der Waals surface area contributed by atoms with Gasteiger partial charge in [0, 0.05) is 5.54 Å². The van der Waals surface area contributed by atoms with Gasteiger partial charge in [0.25, 0.3) is 0 Å². The molecule has 4 nitrogen and oxygen atoms in total. The minimum absolute atomic E-state index is 0.0388. The van der Waals surface area contributed by atoms with E-state index in [0.717, 1.165) is 0 Å². The van der Waals surface area contributed by atoms with Gasteiger partial charge in [-0.05, 0) is 26.2 Å². The second-order valence-corrected chi connectivity index (χ2v) is 4.26. The highest BCUT2D eigenvalue weighted by atomic mass is 16.4. The number of aliphatic carboxylic acids is 1. The Morgan fingerprint density at radius 3 is 1.87 bits per heavy atom. The van der Waals surface area contributed by atoms with Crippen molar-refractivity contribution < 1.29 is 15.0 Å². The van der Waals surface area contributed by atoms with Crippen molar-refractivity contribution in [2.75, 3.05) is 6.61 Å². The number of carbonyl (C=O) groups is 1. The molecule has 0 aromatic heterocycles. The zero-order valence-electron chi connectivity index (χ0n) is 10.1. The molecular weight excluding hydrogens is 194 g/mol. The highest BCUT2D eigenvalue weighted by Crippen LogP contribution is 2.21. The Morgan fingerprint density at radius 2 is 1.67 bits per heavy atom. The van der Waals surface area contributed by atoms with Crippen LogP contribution < -0.4 is 5.32 Å². The van der Waals surface area contributed by atoms with Crippen LogP contribution in [-0.4, -0.2) is 33.9 Å². The van der Waals surface area contributed by atoms with E-state index in [1.54, 1.807) is 6.92 Å². The Bertz CT molecular complexity index is 206. The molecule has 0 aromatic carbocycles. The molecule has 0 saturated carbocycles. The Hall–Kier alpha value is -0.610. The topological polar surface area (TPSA) is 69.6 Å². The molecule has 0 bridgehead atoms. The van der Waals surface area contributed by atoms with Crippen LogP contribution in [-0.2, 0) is 4.79 Å². The number of nitrogens with one attached hydrogen (secondary N) is 1. The summed E-state index contributed by atoms with van der Waals surface area (Å²) in [6.45, 7) is 7.35. The SMILES string of the molecule is CCC(CC)(CO)NC(C)(CC)C(=O)O. The molecule has 0 saturated heterocycles. The molecule has 0 spiro atoms. The van der Waals surface area contributed by atoms with Crippen molar-refractivity contribution in [1.82, 2.24) is 5.32 Å². The summed E-state index contributed by atoms with van der Waals surface area (Å²) in [6.07, 6.45) is 1.91. The standard InChI is InChI=1S/C11H23NO3/c1-5-10(4,9(14)15)12-11(6-2,7-3)8-13/h12-13H,5-8H2,1-4H3,(H,14,15). The van der Waals surface area contributed by atoms with E-state index in [1.165, 1.54) is 0 Å². The minimum Gasteiger partial charge on any atom is -0.480 e. The highest BCUT2D eigenvalue weighted by Gasteiger charge is 2.38. The maximum Gasteiger partial charge on any atom is 0.323 e. The van der Waals surface area contributed by atoms with Gasteiger partial charge in [-0.2, -0.15) is 0 Å². The maximum absolute atomic E-state index is 11.1. The summed E-state index contributed by atoms with van der Waals surface area (Å²) in [7, 11) is 0. The van der Waals surface area contributed by atoms with Gasteiger partial charge in [0.05, 0.1) is 6.61 Å². The van der Waals surface area contributed by atoms with Crippen molar-refractivity contribution in [2.24, 2.45) is 0 Å². The molecule has 0 fully saturated rings. The number of carboxylic acid groups (broad SMARTS) is 1. The molecule has 0 aliphatic rings. The fraction of sp³-hybridized carbons (Fsp3) is 0.909. The number of aliphatic hydroxyl groups excluding tert-OH is 1. The number of rotatable bonds is 7. The number of hydrogen-bond acceptors (Lipinski definition) is 3. The Kier molecular flexibility index (Phi) is 5.24. The lowest BCUT2D eigenvalue weighted by Gasteiger charge is -2.39. The molecule has 15 heavy (non-hydrogen) atoms. The van der Waals surface area contributed by atoms with E-state index in [1.807, 2.05) is 20.8 Å². The molecular formula is C11H23NO3. The Balaban J connectivity index is 4.85. The monoisotopic (exact) mass is 217 g/mol. The molecule has 0 rings (SSSR count). The van der Waals surface area contributed by atoms with Crippen LogP contribution in [0.2, 0.25) is 0 Å². The normalized spacial score (nSPS) is 16.1. The van der Waals surface area contributed by atoms with Crippen LogP contribution in [0.15, 0.2) is 0 Å². The summed E-state index contributed by atoms with van der Waals surface area (Å²) in [5.41, 5.74) is -1.45. The molecule has 0 heterocycles. The van der Waals surface area contributed by atoms with Crippen molar-refractivity contribution in [2.45, 2.75) is 58.0 Å². The number of aliphatic hydroxyl groups is 1. The van der Waals surface area contributed by atoms with Crippen LogP contribution >= 0.6 is 0 Å². The zero-order chi connectivity index (χ0) is 12.1. The van der Waals surface area contributed by atoms with Crippen LogP contribution in [0.25, 0.3) is 0 Å². The number of carboxylic acids is 1. The van der Waals surface area contributed by atoms with Crippen molar-refractivity contribution in [3.63, 3.8) is 0 Å². The van der Waals surface area contributed by atoms with Gasteiger partial charge in [-0.25, -0.2) is 0 Å². The molecule has 3 N–H and O–H groups in total. The minimum atomic E-state index is -0.964. The van der Waals surface area contributed by atoms with Crippen molar-refractivity contribution >= 4 is 5.97 Å². The maximum atomic E-state index is 11.1. The van der Waals surface area contributed by atoms with E-state index in [2.05, 4.69) is 5.32 Å². The second kappa shape index (κ2) is 5.47. The second-order valence-electron chi connectivity index (χ2n) is 4.26. The summed E-state index contributed by atoms with van der Waals surface area (Å²) >= 11 is 0. The summed E-state index contributed by atoms with van der Waals surface area (Å²) in [6, 6.07) is 0. The number of hydrogen-bond donors (Lipinski definition) is 3. The molecule has 0 aliphatic carbocycles. The molecule has 0 aromatic rings. The largest absolute Gasteiger partial charge is 0.480 e. The van der Waals surface area contributed by atoms with Gasteiger partial charge in [0.15, 0.2) is 0 Å². The third kappa shape index (κ3) is 3.18. The van der Waals surface area contributed by atoms with Gasteiger partial charge >= 0.3 is 5.97 Å². The third-order valence-electron chi connectivity index (χ3n) is 3.38. The van der Waals surface area contributed by atoms with Crippen LogP contribution in [0.4, 0.5) is 0 Å². The smallest absolute Gasteiger partial charge is 0.323 e. The van der Waals surface area contributed by atoms with Gasteiger partial charge in [-0.15, -0.1) is 0 Å². The van der Waals surface area contributed by atoms with Gasteiger partial charge in [0.1, 0.15) is 5.54 Å². The molecule has 1 unspecified atom stereocenters. The van der Waals surface area contributed by atoms with E-state index >= 15 is 0 Å². The predicted octanol–water partition coefficient (Wildman–Crippen LogP) is 1.38. The fourth-order valence-electron chi connectivity index (χ4n) is 1.57. The molecule has 90 valence electrons. The third-order valence-corrected chi connectivity index (χ3v) is 3.38. The van der Waals surface area contributed by atoms with E-state index in [-0.39, 0.29) is 6.61 Å². The summed E-state index contributed by atoms with van der Waals surface area (Å²) in [5, 5.41) is 21.6. The highest BCUT2D eigenvalue weighted by molar-refractivity contribution is 5.78. The van der Waals surface area contributed by atoms with Gasteiger partial charge in [-0.3, -0.25) is 10.1 Å². The predicted molar refractivity (Wildman–Crippen MR) is 59.9 cm³/mol. The Labute approximate surface area is 91.7 Å². The van der Waals surface area contributed by atoms with Crippen LogP contribution in [0.1, 0.15) is 47.0 Å². The quantitative estimate of drug-likeness (QED) is 0.602. The first-order valence-electron chi connectivity index (χ1n) is 5.53. The Morgan fingerprint density at radius 1 is 1.20 bits per heavy atom. The molecule has 4 heteroatoms. The first-order chi connectivity index (χ1) is 6.89.